The van der Waals surface area contributed by atoms with Gasteiger partial charge in [0.25, 0.3) is 5.91 Å². The molecule has 0 aliphatic carbocycles. The molecule has 1 aliphatic heterocycles. The first-order valence-corrected chi connectivity index (χ1v) is 10.4. The summed E-state index contributed by atoms with van der Waals surface area (Å²) >= 11 is 2.46. The van der Waals surface area contributed by atoms with Gasteiger partial charge in [-0.2, -0.15) is 0 Å². The monoisotopic (exact) mass is 428 g/mol. The first-order valence-electron chi connectivity index (χ1n) is 8.61. The summed E-state index contributed by atoms with van der Waals surface area (Å²) in [6, 6.07) is 12.5. The normalized spacial score (nSPS) is 11.9. The number of benzene rings is 2. The molecule has 0 saturated heterocycles. The number of ether oxygens (including phenoxy) is 2. The number of nitrogens with zero attached hydrogens (tertiary/aromatic N) is 2. The zero-order valence-electron chi connectivity index (χ0n) is 15.3. The van der Waals surface area contributed by atoms with E-state index in [4.69, 9.17) is 9.47 Å². The Balaban J connectivity index is 1.29. The van der Waals surface area contributed by atoms with E-state index < -0.39 is 0 Å². The summed E-state index contributed by atoms with van der Waals surface area (Å²) in [5.74, 6) is 0.873. The van der Waals surface area contributed by atoms with Crippen LogP contribution in [0.5, 0.6) is 11.5 Å². The smallest absolute Gasteiger partial charge is 0.257 e. The highest BCUT2D eigenvalue weighted by molar-refractivity contribution is 8.01. The topological polar surface area (TPSA) is 102 Å². The lowest BCUT2D eigenvalue weighted by Crippen LogP contribution is -2.13. The summed E-state index contributed by atoms with van der Waals surface area (Å²) in [5, 5.41) is 13.8. The lowest BCUT2D eigenvalue weighted by molar-refractivity contribution is -0.113. The van der Waals surface area contributed by atoms with Crippen LogP contribution in [0.15, 0.2) is 46.8 Å². The molecule has 10 heteroatoms. The fraction of sp³-hybridized carbons (Fsp3) is 0.158. The SMILES string of the molecule is Cc1ccc(NC(=O)CSc2nnc(NC(=O)c3ccc4c(c3)OCO4)s2)cc1. The Morgan fingerprint density at radius 1 is 1.07 bits per heavy atom. The molecule has 0 spiro atoms. The molecule has 148 valence electrons. The van der Waals surface area contributed by atoms with Crippen LogP contribution in [-0.2, 0) is 4.79 Å². The van der Waals surface area contributed by atoms with Crippen molar-refractivity contribution in [3.63, 3.8) is 0 Å². The molecule has 2 amide bonds. The van der Waals surface area contributed by atoms with Crippen molar-refractivity contribution in [2.75, 3.05) is 23.2 Å². The molecule has 1 aliphatic rings. The number of carbonyl (C=O) groups excluding carboxylic acids is 2. The number of amides is 2. The van der Waals surface area contributed by atoms with Crippen LogP contribution in [0, 0.1) is 6.92 Å². The summed E-state index contributed by atoms with van der Waals surface area (Å²) < 4.78 is 11.1. The largest absolute Gasteiger partial charge is 0.454 e. The van der Waals surface area contributed by atoms with Crippen molar-refractivity contribution in [3.05, 3.63) is 53.6 Å². The maximum atomic E-state index is 12.4. The first-order chi connectivity index (χ1) is 14.1. The van der Waals surface area contributed by atoms with E-state index in [1.54, 1.807) is 18.2 Å². The molecule has 4 rings (SSSR count). The molecule has 2 heterocycles. The van der Waals surface area contributed by atoms with Crippen molar-refractivity contribution in [1.82, 2.24) is 10.2 Å². The van der Waals surface area contributed by atoms with E-state index >= 15 is 0 Å². The van der Waals surface area contributed by atoms with Gasteiger partial charge in [-0.05, 0) is 37.3 Å². The van der Waals surface area contributed by atoms with Crippen LogP contribution in [0.4, 0.5) is 10.8 Å². The maximum absolute atomic E-state index is 12.4. The Hall–Kier alpha value is -3.11. The van der Waals surface area contributed by atoms with Crippen LogP contribution in [0.25, 0.3) is 0 Å². The molecular weight excluding hydrogens is 412 g/mol. The summed E-state index contributed by atoms with van der Waals surface area (Å²) in [6.45, 7) is 2.13. The molecule has 0 atom stereocenters. The van der Waals surface area contributed by atoms with Gasteiger partial charge in [-0.15, -0.1) is 10.2 Å². The van der Waals surface area contributed by atoms with Crippen molar-refractivity contribution in [2.45, 2.75) is 11.3 Å². The minimum atomic E-state index is -0.326. The second kappa shape index (κ2) is 8.50. The van der Waals surface area contributed by atoms with Gasteiger partial charge >= 0.3 is 0 Å². The van der Waals surface area contributed by atoms with Crippen molar-refractivity contribution in [2.24, 2.45) is 0 Å². The number of hydrogen-bond donors (Lipinski definition) is 2. The molecule has 2 aromatic carbocycles. The lowest BCUT2D eigenvalue weighted by atomic mass is 10.2. The van der Waals surface area contributed by atoms with Crippen LogP contribution in [0.1, 0.15) is 15.9 Å². The van der Waals surface area contributed by atoms with Crippen molar-refractivity contribution in [1.29, 1.82) is 0 Å². The van der Waals surface area contributed by atoms with E-state index in [2.05, 4.69) is 20.8 Å². The average molecular weight is 428 g/mol. The highest BCUT2D eigenvalue weighted by Crippen LogP contribution is 2.33. The number of aromatic nitrogens is 2. The number of nitrogens with one attached hydrogen (secondary N) is 2. The second-order valence-electron chi connectivity index (χ2n) is 6.10. The van der Waals surface area contributed by atoms with Gasteiger partial charge in [0.2, 0.25) is 17.8 Å². The van der Waals surface area contributed by atoms with Crippen LogP contribution in [0.2, 0.25) is 0 Å². The molecule has 0 unspecified atom stereocenters. The van der Waals surface area contributed by atoms with E-state index in [0.29, 0.717) is 26.5 Å². The number of carbonyl (C=O) groups is 2. The summed E-state index contributed by atoms with van der Waals surface area (Å²) in [6.07, 6.45) is 0. The van der Waals surface area contributed by atoms with Crippen molar-refractivity contribution in [3.8, 4) is 11.5 Å². The van der Waals surface area contributed by atoms with Crippen molar-refractivity contribution < 1.29 is 19.1 Å². The lowest BCUT2D eigenvalue weighted by Gasteiger charge is -2.04. The third-order valence-electron chi connectivity index (χ3n) is 3.92. The van der Waals surface area contributed by atoms with Gasteiger partial charge in [0.1, 0.15) is 0 Å². The maximum Gasteiger partial charge on any atom is 0.257 e. The predicted molar refractivity (Wildman–Crippen MR) is 111 cm³/mol. The molecule has 0 bridgehead atoms. The molecule has 29 heavy (non-hydrogen) atoms. The van der Waals surface area contributed by atoms with Crippen LogP contribution >= 0.6 is 23.1 Å². The van der Waals surface area contributed by atoms with Gasteiger partial charge in [0, 0.05) is 11.3 Å². The Labute approximate surface area is 174 Å². The Morgan fingerprint density at radius 2 is 1.86 bits per heavy atom. The van der Waals surface area contributed by atoms with E-state index in [0.717, 1.165) is 11.3 Å². The summed E-state index contributed by atoms with van der Waals surface area (Å²) in [4.78, 5) is 24.4. The van der Waals surface area contributed by atoms with Crippen molar-refractivity contribution >= 4 is 45.7 Å². The average Bonchev–Trinajstić information content (AvgIpc) is 3.36. The van der Waals surface area contributed by atoms with Gasteiger partial charge in [-0.1, -0.05) is 40.8 Å². The first kappa shape index (κ1) is 19.2. The minimum absolute atomic E-state index is 0.139. The number of fused-ring (bicyclic) bond motifs is 1. The second-order valence-corrected chi connectivity index (χ2v) is 8.30. The van der Waals surface area contributed by atoms with E-state index in [9.17, 15) is 9.59 Å². The minimum Gasteiger partial charge on any atom is -0.454 e. The molecule has 0 fully saturated rings. The van der Waals surface area contributed by atoms with Gasteiger partial charge in [0.05, 0.1) is 5.75 Å². The summed E-state index contributed by atoms with van der Waals surface area (Å²) in [5.41, 5.74) is 2.30. The number of aryl methyl sites for hydroxylation is 1. The Bertz CT molecular complexity index is 1050. The highest BCUT2D eigenvalue weighted by Gasteiger charge is 2.17. The Kier molecular flexibility index (Phi) is 5.63. The van der Waals surface area contributed by atoms with Gasteiger partial charge in [-0.3, -0.25) is 14.9 Å². The predicted octanol–water partition coefficient (Wildman–Crippen LogP) is 3.56. The van der Waals surface area contributed by atoms with Gasteiger partial charge < -0.3 is 14.8 Å². The molecule has 2 N–H and O–H groups in total. The zero-order valence-corrected chi connectivity index (χ0v) is 16.9. The van der Waals surface area contributed by atoms with Gasteiger partial charge in [-0.25, -0.2) is 0 Å². The van der Waals surface area contributed by atoms with E-state index in [1.807, 2.05) is 31.2 Å². The standard InChI is InChI=1S/C19H16N4O4S2/c1-11-2-5-13(6-3-11)20-16(24)9-28-19-23-22-18(29-19)21-17(25)12-4-7-14-15(8-12)27-10-26-14/h2-8H,9-10H2,1H3,(H,20,24)(H,21,22,25). The van der Waals surface area contributed by atoms with Crippen LogP contribution < -0.4 is 20.1 Å². The fourth-order valence-electron chi connectivity index (χ4n) is 2.49. The number of thioether (sulfide) groups is 1. The fourth-order valence-corrected chi connectivity index (χ4v) is 4.03. The molecule has 0 saturated carbocycles. The number of hydrogen-bond acceptors (Lipinski definition) is 8. The van der Waals surface area contributed by atoms with E-state index in [-0.39, 0.29) is 24.4 Å². The number of anilines is 2. The molecular formula is C19H16N4O4S2. The quantitative estimate of drug-likeness (QED) is 0.457. The highest BCUT2D eigenvalue weighted by atomic mass is 32.2. The van der Waals surface area contributed by atoms with Crippen LogP contribution in [-0.4, -0.2) is 34.6 Å². The van der Waals surface area contributed by atoms with E-state index in [1.165, 1.54) is 23.1 Å². The van der Waals surface area contributed by atoms with Crippen LogP contribution in [0.3, 0.4) is 0 Å². The molecule has 3 aromatic rings. The molecule has 0 radical (unpaired) electrons. The molecule has 8 nitrogen and oxygen atoms in total. The molecule has 1 aromatic heterocycles. The number of rotatable bonds is 6. The Morgan fingerprint density at radius 3 is 2.69 bits per heavy atom. The van der Waals surface area contributed by atoms with Gasteiger partial charge in [0.15, 0.2) is 15.8 Å². The third kappa shape index (κ3) is 4.84. The zero-order chi connectivity index (χ0) is 20.2. The summed E-state index contributed by atoms with van der Waals surface area (Å²) in [7, 11) is 0. The third-order valence-corrected chi connectivity index (χ3v) is 5.90.